The Morgan fingerprint density at radius 3 is 1.40 bits per heavy atom. The van der Waals surface area contributed by atoms with Gasteiger partial charge in [-0.3, -0.25) is 56.4 Å². The summed E-state index contributed by atoms with van der Waals surface area (Å²) in [6.45, 7) is 3.24. The lowest BCUT2D eigenvalue weighted by molar-refractivity contribution is 0.101. The van der Waals surface area contributed by atoms with Crippen LogP contribution < -0.4 is 16.2 Å². The van der Waals surface area contributed by atoms with Gasteiger partial charge < -0.3 is 37.0 Å². The normalized spacial score (nSPS) is 11.1. The third-order valence-corrected chi connectivity index (χ3v) is 12.9. The van der Waals surface area contributed by atoms with Gasteiger partial charge in [0.1, 0.15) is 5.69 Å². The van der Waals surface area contributed by atoms with E-state index in [2.05, 4.69) is 98.8 Å². The second-order valence-electron chi connectivity index (χ2n) is 19.0. The summed E-state index contributed by atoms with van der Waals surface area (Å²) in [5, 5.41) is 62.8. The maximum Gasteiger partial charge on any atom is 0.190 e. The van der Waals surface area contributed by atoms with E-state index >= 15 is 0 Å². The van der Waals surface area contributed by atoms with Gasteiger partial charge in [-0.2, -0.15) is 51.0 Å². The van der Waals surface area contributed by atoms with Gasteiger partial charge in [-0.15, -0.1) is 0 Å². The van der Waals surface area contributed by atoms with Crippen LogP contribution in [0.2, 0.25) is 0 Å². The Labute approximate surface area is 535 Å². The monoisotopic (exact) mass is 1400 g/mol. The average Bonchev–Trinajstić information content (AvgIpc) is 2.37. The molecule has 0 aliphatic heterocycles. The number of allylic oxidation sites excluding steroid dienone is 3. The Morgan fingerprint density at radius 1 is 0.591 bits per heavy atom. The molecule has 0 aliphatic rings. The summed E-state index contributed by atoms with van der Waals surface area (Å²) in [4.78, 5) is 23.8. The van der Waals surface area contributed by atoms with Crippen molar-refractivity contribution in [1.82, 2.24) is 103 Å². The van der Waals surface area contributed by atoms with Gasteiger partial charge in [0.15, 0.2) is 17.3 Å². The van der Waals surface area contributed by atoms with E-state index < -0.39 is 6.10 Å². The molecule has 0 fully saturated rings. The summed E-state index contributed by atoms with van der Waals surface area (Å²) in [6.07, 6.45) is 38.2. The molecule has 0 radical (unpaired) electrons. The molecule has 0 amide bonds. The van der Waals surface area contributed by atoms with E-state index in [9.17, 15) is 9.59 Å². The molecule has 10 heterocycles. The minimum absolute atomic E-state index is 0.0261. The van der Waals surface area contributed by atoms with Crippen LogP contribution in [0.5, 0.6) is 5.75 Å². The molecule has 470 valence electrons. The number of aromatic nitrogens is 20. The first-order chi connectivity index (χ1) is 41.5. The number of aliphatic hydroxyl groups is 1. The van der Waals surface area contributed by atoms with Crippen molar-refractivity contribution in [2.45, 2.75) is 20.0 Å². The van der Waals surface area contributed by atoms with E-state index in [4.69, 9.17) is 32.1 Å². The summed E-state index contributed by atoms with van der Waals surface area (Å²) in [7, 11) is 23.8. The van der Waals surface area contributed by atoms with Gasteiger partial charge >= 0.3 is 0 Å². The van der Waals surface area contributed by atoms with Crippen molar-refractivity contribution in [1.29, 1.82) is 10.8 Å². The first-order valence-corrected chi connectivity index (χ1v) is 28.4. The van der Waals surface area contributed by atoms with Crippen molar-refractivity contribution in [3.8, 4) is 28.3 Å². The largest absolute Gasteiger partial charge is 0.493 e. The van der Waals surface area contributed by atoms with Gasteiger partial charge in [0.2, 0.25) is 0 Å². The Hall–Kier alpha value is -9.40. The van der Waals surface area contributed by atoms with Crippen LogP contribution >= 0.6 is 47.8 Å². The Bertz CT molecular complexity index is 3830. The van der Waals surface area contributed by atoms with Crippen LogP contribution in [0.3, 0.4) is 0 Å². The number of nitrogens with one attached hydrogen (secondary N) is 2. The third-order valence-electron chi connectivity index (χ3n) is 11.1. The fourth-order valence-corrected chi connectivity index (χ4v) is 8.05. The molecular weight excluding hydrogens is 1330 g/mol. The van der Waals surface area contributed by atoms with Crippen molar-refractivity contribution < 1.29 is 19.4 Å². The first-order valence-electron chi connectivity index (χ1n) is 26.1. The van der Waals surface area contributed by atoms with Gasteiger partial charge in [0.05, 0.1) is 111 Å². The topological polar surface area (TPSA) is 345 Å². The number of hydrogen-bond donors (Lipinski definition) is 5. The number of nitrogens with two attached hydrogens (primary N) is 2. The molecule has 10 aromatic rings. The molecule has 32 heteroatoms. The number of nitrogens with zero attached hydrogens (tertiary/aromatic N) is 21. The maximum atomic E-state index is 11.4. The molecule has 0 aromatic carbocycles. The number of carbonyl (C=O) groups excluding carboxylic acids is 2. The summed E-state index contributed by atoms with van der Waals surface area (Å²) >= 11 is 10.0. The third kappa shape index (κ3) is 25.3. The average molecular weight is 1400 g/mol. The van der Waals surface area contributed by atoms with Crippen molar-refractivity contribution in [3.63, 3.8) is 0 Å². The van der Waals surface area contributed by atoms with Crippen LogP contribution in [0.4, 0.5) is 0 Å². The number of rotatable bonds is 12. The predicted molar refractivity (Wildman–Crippen MR) is 350 cm³/mol. The highest BCUT2D eigenvalue weighted by Crippen LogP contribution is 2.27. The number of aryl methyl sites for hydroxylation is 10. The Morgan fingerprint density at radius 2 is 1.06 bits per heavy atom. The lowest BCUT2D eigenvalue weighted by Crippen LogP contribution is -2.02. The molecule has 1 unspecified atom stereocenters. The van der Waals surface area contributed by atoms with E-state index in [0.717, 1.165) is 66.3 Å². The van der Waals surface area contributed by atoms with Gasteiger partial charge in [-0.1, -0.05) is 0 Å². The van der Waals surface area contributed by atoms with Crippen molar-refractivity contribution in [2.75, 3.05) is 21.2 Å². The lowest BCUT2D eigenvalue weighted by Gasteiger charge is -2.01. The maximum absolute atomic E-state index is 11.4. The van der Waals surface area contributed by atoms with Crippen molar-refractivity contribution in [2.24, 2.45) is 81.9 Å². The van der Waals surface area contributed by atoms with Gasteiger partial charge in [-0.05, 0) is 67.7 Å². The number of methoxy groups -OCH3 is 1. The minimum Gasteiger partial charge on any atom is -0.493 e. The standard InChI is InChI=1S/C9H13N3O.2C8H9BrN4.C7H9BrN4.C7H10N4.C6H10N2O.C6H8N2O.C5H8N2O/c1-11(2)5-4-9(13)8-6-10-12(3)7-8;1-12-5-6(3-10-12)8-7(9)4-11-13(8)2;1-12-4-6(3-10-12)8-7(9)5-13(2)11-8;1-12-4-5(3-11-12)7(10)6(8)2-9;1-11-5-6(4-10-11)7(9)2-3-8;2*1-5(9)6-3-7-8(2)4-6;1-7-4-5(8-2)3-6-7/h4-7H,1-3H3;2*3-5H,1-2H3;2-4,9H,10H2,1H3;2-5,8H,9H2,1H3;3-5,9H,1-2H3;3-4H,1-2H3;3-4H,1-2H3/b5-4+;;;7-6+,9-2?;7-2-,8-3?;;;. The van der Waals surface area contributed by atoms with Crippen molar-refractivity contribution >= 4 is 83.2 Å². The number of aliphatic hydroxyl groups excluding tert-OH is 1. The predicted octanol–water partition coefficient (Wildman–Crippen LogP) is 6.83. The van der Waals surface area contributed by atoms with Crippen LogP contribution in [-0.2, 0) is 70.5 Å². The molecule has 10 rings (SSSR count). The number of carbonyl (C=O) groups is 2. The molecule has 0 aliphatic carbocycles. The number of hydrogen-bond acceptors (Lipinski definition) is 19. The quantitative estimate of drug-likeness (QED) is 0.0475. The number of ketones is 2. The fourth-order valence-electron chi connectivity index (χ4n) is 6.63. The molecule has 29 nitrogen and oxygen atoms in total. The zero-order valence-electron chi connectivity index (χ0n) is 51.7. The van der Waals surface area contributed by atoms with E-state index in [1.165, 1.54) is 19.1 Å². The lowest BCUT2D eigenvalue weighted by atomic mass is 10.2. The molecule has 10 aromatic heterocycles. The van der Waals surface area contributed by atoms with Crippen LogP contribution in [-0.4, -0.2) is 153 Å². The van der Waals surface area contributed by atoms with Gasteiger partial charge in [0.25, 0.3) is 0 Å². The van der Waals surface area contributed by atoms with E-state index in [0.29, 0.717) is 27.0 Å². The van der Waals surface area contributed by atoms with Crippen LogP contribution in [0.15, 0.2) is 143 Å². The zero-order valence-corrected chi connectivity index (χ0v) is 56.5. The number of ether oxygens (including phenoxy) is 1. The van der Waals surface area contributed by atoms with Crippen molar-refractivity contribution in [3.05, 3.63) is 171 Å². The fraction of sp³-hybridized carbons (Fsp3) is 0.286. The summed E-state index contributed by atoms with van der Waals surface area (Å²) < 4.78 is 24.4. The van der Waals surface area contributed by atoms with Gasteiger partial charge in [0, 0.05) is 192 Å². The first kappa shape index (κ1) is 72.9. The number of Topliss-reactive ketones (excluding diaryl/α,β-unsaturated/α-hetero) is 1. The van der Waals surface area contributed by atoms with E-state index in [1.807, 2.05) is 105 Å². The second kappa shape index (κ2) is 36.6. The Kier molecular flexibility index (Phi) is 30.3. The summed E-state index contributed by atoms with van der Waals surface area (Å²) in [5.74, 6) is 0.831. The molecule has 0 saturated heterocycles. The SMILES string of the molecule is CC(=O)c1cnn(C)c1.CC(O)c1cnn(C)c1.CN(C)/C=C/C(=O)c1cnn(C)c1.COc1cnn(C)c1.Cn1cc(-c2c(Br)cnn2C)cn1.Cn1cc(-c2nn(C)cc2Br)cn1.Cn1cc(/C(N)=C(\Br)C=N)cn1.Cn1cc(/C(N)=C/C=N)cn1. The molecule has 0 bridgehead atoms. The molecular formula is C56H76Br3N25O4. The molecule has 0 saturated carbocycles. The highest BCUT2D eigenvalue weighted by atomic mass is 79.9. The zero-order chi connectivity index (χ0) is 65.8. The van der Waals surface area contributed by atoms with Crippen LogP contribution in [0.1, 0.15) is 57.4 Å². The number of halogens is 3. The van der Waals surface area contributed by atoms with E-state index in [1.54, 1.807) is 163 Å². The second-order valence-corrected chi connectivity index (χ2v) is 21.5. The highest BCUT2D eigenvalue weighted by Gasteiger charge is 2.11. The van der Waals surface area contributed by atoms with Gasteiger partial charge in [-0.25, -0.2) is 0 Å². The minimum atomic E-state index is -0.404. The molecule has 1 atom stereocenters. The summed E-state index contributed by atoms with van der Waals surface area (Å²) in [5.41, 5.74) is 20.2. The van der Waals surface area contributed by atoms with Crippen LogP contribution in [0.25, 0.3) is 33.9 Å². The highest BCUT2D eigenvalue weighted by molar-refractivity contribution is 9.12. The molecule has 88 heavy (non-hydrogen) atoms. The molecule has 7 N–H and O–H groups in total. The van der Waals surface area contributed by atoms with E-state index in [-0.39, 0.29) is 11.6 Å². The van der Waals surface area contributed by atoms with Crippen LogP contribution in [0, 0.1) is 10.8 Å². The smallest absolute Gasteiger partial charge is 0.190 e. The molecule has 0 spiro atoms. The summed E-state index contributed by atoms with van der Waals surface area (Å²) in [6, 6.07) is 0. The Balaban J connectivity index is 0.000000264.